The molecule has 2 aromatic rings. The summed E-state index contributed by atoms with van der Waals surface area (Å²) in [5.74, 6) is 0.990. The van der Waals surface area contributed by atoms with E-state index in [1.807, 2.05) is 34.7 Å². The van der Waals surface area contributed by atoms with Crippen LogP contribution >= 0.6 is 11.3 Å². The van der Waals surface area contributed by atoms with Crippen molar-refractivity contribution in [2.24, 2.45) is 0 Å². The van der Waals surface area contributed by atoms with Gasteiger partial charge in [-0.2, -0.15) is 11.3 Å². The van der Waals surface area contributed by atoms with Gasteiger partial charge in [0.2, 0.25) is 5.91 Å². The van der Waals surface area contributed by atoms with Gasteiger partial charge < -0.3 is 9.42 Å². The number of aromatic nitrogens is 1. The maximum atomic E-state index is 12.5. The minimum absolute atomic E-state index is 0.0762. The lowest BCUT2D eigenvalue weighted by Crippen LogP contribution is -2.39. The quantitative estimate of drug-likeness (QED) is 0.871. The number of carbonyl (C=O) groups is 1. The number of aryl methyl sites for hydroxylation is 1. The Morgan fingerprint density at radius 1 is 1.55 bits per heavy atom. The molecule has 3 heterocycles. The van der Waals surface area contributed by atoms with Crippen molar-refractivity contribution >= 4 is 17.2 Å². The van der Waals surface area contributed by atoms with Crippen LogP contribution in [0.3, 0.4) is 0 Å². The number of carbonyl (C=O) groups excluding carboxylic acids is 1. The summed E-state index contributed by atoms with van der Waals surface area (Å²) in [6, 6.07) is 4.04. The number of rotatable bonds is 3. The molecule has 106 valence electrons. The third-order valence-corrected chi connectivity index (χ3v) is 4.48. The van der Waals surface area contributed by atoms with Crippen LogP contribution in [0.2, 0.25) is 0 Å². The van der Waals surface area contributed by atoms with E-state index >= 15 is 0 Å². The Labute approximate surface area is 122 Å². The first-order valence-corrected chi connectivity index (χ1v) is 7.92. The molecule has 1 amide bonds. The number of piperidine rings is 1. The first-order valence-electron chi connectivity index (χ1n) is 6.98. The molecule has 1 unspecified atom stereocenters. The Kier molecular flexibility index (Phi) is 3.87. The molecule has 0 saturated carbocycles. The number of hydrogen-bond acceptors (Lipinski definition) is 4. The van der Waals surface area contributed by atoms with Crippen molar-refractivity contribution in [2.45, 2.75) is 38.6 Å². The summed E-state index contributed by atoms with van der Waals surface area (Å²) in [6.45, 7) is 2.70. The van der Waals surface area contributed by atoms with Crippen molar-refractivity contribution in [1.82, 2.24) is 10.1 Å². The van der Waals surface area contributed by atoms with Crippen LogP contribution in [0.25, 0.3) is 0 Å². The molecule has 1 aliphatic heterocycles. The second-order valence-corrected chi connectivity index (χ2v) is 6.05. The van der Waals surface area contributed by atoms with Crippen molar-refractivity contribution in [2.75, 3.05) is 6.54 Å². The molecule has 0 N–H and O–H groups in total. The van der Waals surface area contributed by atoms with E-state index in [2.05, 4.69) is 5.16 Å². The van der Waals surface area contributed by atoms with E-state index in [-0.39, 0.29) is 11.9 Å². The first kappa shape index (κ1) is 13.4. The van der Waals surface area contributed by atoms with Gasteiger partial charge in [-0.25, -0.2) is 0 Å². The Morgan fingerprint density at radius 2 is 2.45 bits per heavy atom. The molecule has 1 atom stereocenters. The van der Waals surface area contributed by atoms with Gasteiger partial charge in [0.15, 0.2) is 0 Å². The molecule has 1 saturated heterocycles. The van der Waals surface area contributed by atoms with Crippen LogP contribution < -0.4 is 0 Å². The lowest BCUT2D eigenvalue weighted by atomic mass is 9.98. The number of likely N-dealkylation sites (tertiary alicyclic amines) is 1. The van der Waals surface area contributed by atoms with Gasteiger partial charge >= 0.3 is 0 Å². The highest BCUT2D eigenvalue weighted by atomic mass is 32.1. The molecular formula is C15H18N2O2S. The van der Waals surface area contributed by atoms with E-state index in [9.17, 15) is 4.79 Å². The van der Waals surface area contributed by atoms with Crippen molar-refractivity contribution in [3.63, 3.8) is 0 Å². The van der Waals surface area contributed by atoms with Crippen molar-refractivity contribution in [3.8, 4) is 0 Å². The van der Waals surface area contributed by atoms with E-state index in [0.717, 1.165) is 42.8 Å². The molecule has 20 heavy (non-hydrogen) atoms. The van der Waals surface area contributed by atoms with Crippen molar-refractivity contribution < 1.29 is 9.32 Å². The van der Waals surface area contributed by atoms with Gasteiger partial charge in [-0.05, 0) is 48.6 Å². The normalized spacial score (nSPS) is 19.2. The lowest BCUT2D eigenvalue weighted by molar-refractivity contribution is -0.134. The maximum absolute atomic E-state index is 12.5. The number of nitrogens with zero attached hydrogens (tertiary/aromatic N) is 2. The van der Waals surface area contributed by atoms with Crippen LogP contribution in [-0.4, -0.2) is 22.5 Å². The predicted molar refractivity (Wildman–Crippen MR) is 77.6 cm³/mol. The molecule has 5 heteroatoms. The monoisotopic (exact) mass is 290 g/mol. The molecule has 0 aromatic carbocycles. The smallest absolute Gasteiger partial charge is 0.227 e. The molecule has 1 fully saturated rings. The number of thiophene rings is 1. The summed E-state index contributed by atoms with van der Waals surface area (Å²) in [5.41, 5.74) is 1.99. The molecule has 4 nitrogen and oxygen atoms in total. The molecular weight excluding hydrogens is 272 g/mol. The second kappa shape index (κ2) is 5.79. The van der Waals surface area contributed by atoms with Gasteiger partial charge in [-0.15, -0.1) is 0 Å². The molecule has 2 aromatic heterocycles. The molecule has 0 aliphatic carbocycles. The Hall–Kier alpha value is -1.62. The van der Waals surface area contributed by atoms with E-state index < -0.39 is 0 Å². The number of amides is 1. The molecule has 0 radical (unpaired) electrons. The summed E-state index contributed by atoms with van der Waals surface area (Å²) >= 11 is 1.63. The van der Waals surface area contributed by atoms with Crippen LogP contribution in [0.5, 0.6) is 0 Å². The average Bonchev–Trinajstić information content (AvgIpc) is 3.10. The van der Waals surface area contributed by atoms with Crippen molar-refractivity contribution in [3.05, 3.63) is 39.9 Å². The Morgan fingerprint density at radius 3 is 3.15 bits per heavy atom. The SMILES string of the molecule is Cc1cc(C2CCCCN2C(=O)Cc2ccsc2)no1. The van der Waals surface area contributed by atoms with Crippen LogP contribution in [0.1, 0.15) is 42.3 Å². The third kappa shape index (κ3) is 2.77. The standard InChI is InChI=1S/C15H18N2O2S/c1-11-8-13(16-19-11)14-4-2-3-6-17(14)15(18)9-12-5-7-20-10-12/h5,7-8,10,14H,2-4,6,9H2,1H3. The van der Waals surface area contributed by atoms with Gasteiger partial charge in [0.25, 0.3) is 0 Å². The number of hydrogen-bond donors (Lipinski definition) is 0. The van der Waals surface area contributed by atoms with Gasteiger partial charge in [-0.3, -0.25) is 4.79 Å². The van der Waals surface area contributed by atoms with E-state index in [0.29, 0.717) is 6.42 Å². The largest absolute Gasteiger partial charge is 0.361 e. The fourth-order valence-corrected chi connectivity index (χ4v) is 3.42. The zero-order valence-corrected chi connectivity index (χ0v) is 12.4. The highest BCUT2D eigenvalue weighted by molar-refractivity contribution is 7.07. The second-order valence-electron chi connectivity index (χ2n) is 5.27. The summed E-state index contributed by atoms with van der Waals surface area (Å²) in [7, 11) is 0. The van der Waals surface area contributed by atoms with Gasteiger partial charge in [0.1, 0.15) is 11.5 Å². The van der Waals surface area contributed by atoms with E-state index in [1.165, 1.54) is 0 Å². The maximum Gasteiger partial charge on any atom is 0.227 e. The van der Waals surface area contributed by atoms with Crippen LogP contribution in [0, 0.1) is 6.92 Å². The van der Waals surface area contributed by atoms with Crippen molar-refractivity contribution in [1.29, 1.82) is 0 Å². The summed E-state index contributed by atoms with van der Waals surface area (Å²) < 4.78 is 5.17. The summed E-state index contributed by atoms with van der Waals surface area (Å²) in [6.07, 6.45) is 3.67. The summed E-state index contributed by atoms with van der Waals surface area (Å²) in [5, 5.41) is 8.15. The lowest BCUT2D eigenvalue weighted by Gasteiger charge is -2.34. The molecule has 3 rings (SSSR count). The fraction of sp³-hybridized carbons (Fsp3) is 0.467. The highest BCUT2D eigenvalue weighted by Gasteiger charge is 2.29. The molecule has 1 aliphatic rings. The molecule has 0 spiro atoms. The summed E-state index contributed by atoms with van der Waals surface area (Å²) in [4.78, 5) is 14.5. The fourth-order valence-electron chi connectivity index (χ4n) is 2.75. The zero-order chi connectivity index (χ0) is 13.9. The topological polar surface area (TPSA) is 46.3 Å². The van der Waals surface area contributed by atoms with Gasteiger partial charge in [0.05, 0.1) is 12.5 Å². The highest BCUT2D eigenvalue weighted by Crippen LogP contribution is 2.31. The first-order chi connectivity index (χ1) is 9.74. The molecule has 0 bridgehead atoms. The minimum Gasteiger partial charge on any atom is -0.361 e. The van der Waals surface area contributed by atoms with Crippen LogP contribution in [-0.2, 0) is 11.2 Å². The predicted octanol–water partition coefficient (Wildman–Crippen LogP) is 3.34. The van der Waals surface area contributed by atoms with E-state index in [1.54, 1.807) is 11.3 Å². The van der Waals surface area contributed by atoms with E-state index in [4.69, 9.17) is 4.52 Å². The minimum atomic E-state index is 0.0762. The zero-order valence-electron chi connectivity index (χ0n) is 11.5. The average molecular weight is 290 g/mol. The van der Waals surface area contributed by atoms with Crippen LogP contribution in [0.15, 0.2) is 27.4 Å². The third-order valence-electron chi connectivity index (χ3n) is 3.75. The van der Waals surface area contributed by atoms with Gasteiger partial charge in [-0.1, -0.05) is 5.16 Å². The van der Waals surface area contributed by atoms with Gasteiger partial charge in [0, 0.05) is 12.6 Å². The Bertz CT molecular complexity index is 576. The Balaban J connectivity index is 1.76. The van der Waals surface area contributed by atoms with Crippen LogP contribution in [0.4, 0.5) is 0 Å².